The molecule has 10 heteroatoms. The van der Waals surface area contributed by atoms with Gasteiger partial charge in [0.2, 0.25) is 0 Å². The van der Waals surface area contributed by atoms with E-state index in [0.29, 0.717) is 21.8 Å². The van der Waals surface area contributed by atoms with E-state index in [1.807, 2.05) is 0 Å². The molecule has 4 rings (SSSR count). The number of thiazole rings is 1. The maximum Gasteiger partial charge on any atom is 0.335 e. The molecule has 0 spiro atoms. The summed E-state index contributed by atoms with van der Waals surface area (Å²) in [7, 11) is -3.95. The van der Waals surface area contributed by atoms with E-state index in [4.69, 9.17) is 5.11 Å². The van der Waals surface area contributed by atoms with Crippen LogP contribution in [0.2, 0.25) is 0 Å². The standard InChI is InChI=1S/C19H13N3O5S2/c23-18-15(10-17-20-7-8-28-17)14-9-13(5-6-16(14)21-18)29(26,27)22-12-3-1-11(2-4-12)19(24)25/h1-10,22H,(H,21,23)(H,24,25)/b15-10+. The molecule has 29 heavy (non-hydrogen) atoms. The number of fused-ring (bicyclic) bond motifs is 1. The van der Waals surface area contributed by atoms with Crippen LogP contribution in [0.25, 0.3) is 11.6 Å². The van der Waals surface area contributed by atoms with Crippen molar-refractivity contribution in [1.82, 2.24) is 4.98 Å². The first-order valence-electron chi connectivity index (χ1n) is 8.27. The summed E-state index contributed by atoms with van der Waals surface area (Å²) in [6, 6.07) is 9.68. The van der Waals surface area contributed by atoms with Gasteiger partial charge in [-0.3, -0.25) is 9.52 Å². The lowest BCUT2D eigenvalue weighted by atomic mass is 10.1. The number of carboxylic acids is 1. The molecule has 0 saturated heterocycles. The Bertz CT molecular complexity index is 1250. The number of nitrogens with one attached hydrogen (secondary N) is 2. The first-order valence-corrected chi connectivity index (χ1v) is 10.6. The van der Waals surface area contributed by atoms with Gasteiger partial charge in [-0.15, -0.1) is 11.3 Å². The average Bonchev–Trinajstić information content (AvgIpc) is 3.30. The predicted molar refractivity (Wildman–Crippen MR) is 109 cm³/mol. The highest BCUT2D eigenvalue weighted by Crippen LogP contribution is 2.35. The van der Waals surface area contributed by atoms with Crippen LogP contribution in [0.3, 0.4) is 0 Å². The molecule has 1 aromatic heterocycles. The summed E-state index contributed by atoms with van der Waals surface area (Å²) in [6.45, 7) is 0. The Morgan fingerprint density at radius 1 is 1.17 bits per heavy atom. The quantitative estimate of drug-likeness (QED) is 0.537. The molecule has 8 nitrogen and oxygen atoms in total. The van der Waals surface area contributed by atoms with Gasteiger partial charge in [-0.05, 0) is 48.5 Å². The summed E-state index contributed by atoms with van der Waals surface area (Å²) < 4.78 is 27.9. The zero-order chi connectivity index (χ0) is 20.6. The van der Waals surface area contributed by atoms with Crippen LogP contribution in [0.4, 0.5) is 11.4 Å². The summed E-state index contributed by atoms with van der Waals surface area (Å²) >= 11 is 1.36. The van der Waals surface area contributed by atoms with E-state index < -0.39 is 16.0 Å². The molecular formula is C19H13N3O5S2. The van der Waals surface area contributed by atoms with Crippen molar-refractivity contribution in [3.8, 4) is 0 Å². The van der Waals surface area contributed by atoms with Crippen LogP contribution < -0.4 is 10.0 Å². The van der Waals surface area contributed by atoms with Crippen LogP contribution in [0.5, 0.6) is 0 Å². The van der Waals surface area contributed by atoms with E-state index in [0.717, 1.165) is 0 Å². The maximum absolute atomic E-state index is 12.8. The lowest BCUT2D eigenvalue weighted by molar-refractivity contribution is -0.110. The zero-order valence-electron chi connectivity index (χ0n) is 14.6. The topological polar surface area (TPSA) is 125 Å². The zero-order valence-corrected chi connectivity index (χ0v) is 16.3. The lowest BCUT2D eigenvalue weighted by Gasteiger charge is -2.09. The number of hydrogen-bond acceptors (Lipinski definition) is 6. The third-order valence-corrected chi connectivity index (χ3v) is 6.29. The molecule has 0 fully saturated rings. The Morgan fingerprint density at radius 2 is 1.93 bits per heavy atom. The summed E-state index contributed by atoms with van der Waals surface area (Å²) in [5, 5.41) is 14.0. The van der Waals surface area contributed by atoms with Gasteiger partial charge in [0, 0.05) is 28.5 Å². The van der Waals surface area contributed by atoms with Crippen LogP contribution in [-0.2, 0) is 14.8 Å². The fraction of sp³-hybridized carbons (Fsp3) is 0. The Balaban J connectivity index is 1.67. The smallest absolute Gasteiger partial charge is 0.335 e. The largest absolute Gasteiger partial charge is 0.478 e. The van der Waals surface area contributed by atoms with Gasteiger partial charge in [0.1, 0.15) is 5.01 Å². The second-order valence-electron chi connectivity index (χ2n) is 6.08. The second kappa shape index (κ2) is 7.15. The molecule has 3 N–H and O–H groups in total. The molecular weight excluding hydrogens is 414 g/mol. The third kappa shape index (κ3) is 3.75. The number of nitrogens with zero attached hydrogens (tertiary/aromatic N) is 1. The van der Waals surface area contributed by atoms with Gasteiger partial charge >= 0.3 is 5.97 Å². The minimum atomic E-state index is -3.95. The predicted octanol–water partition coefficient (Wildman–Crippen LogP) is 3.13. The first-order chi connectivity index (χ1) is 13.8. The van der Waals surface area contributed by atoms with E-state index in [1.54, 1.807) is 17.7 Å². The SMILES string of the molecule is O=C1Nc2ccc(S(=O)(=O)Nc3ccc(C(=O)O)cc3)cc2/C1=C\c1nccs1. The fourth-order valence-electron chi connectivity index (χ4n) is 2.80. The number of carboxylic acid groups (broad SMARTS) is 1. The number of anilines is 2. The molecule has 1 amide bonds. The number of carbonyl (C=O) groups excluding carboxylic acids is 1. The molecule has 3 aromatic rings. The van der Waals surface area contributed by atoms with Crippen LogP contribution >= 0.6 is 11.3 Å². The molecule has 0 unspecified atom stereocenters. The van der Waals surface area contributed by atoms with Crippen molar-refractivity contribution in [3.05, 3.63) is 70.2 Å². The lowest BCUT2D eigenvalue weighted by Crippen LogP contribution is -2.13. The van der Waals surface area contributed by atoms with E-state index in [-0.39, 0.29) is 22.1 Å². The van der Waals surface area contributed by atoms with Crippen molar-refractivity contribution < 1.29 is 23.1 Å². The molecule has 0 bridgehead atoms. The third-order valence-electron chi connectivity index (χ3n) is 4.19. The second-order valence-corrected chi connectivity index (χ2v) is 8.69. The van der Waals surface area contributed by atoms with E-state index >= 15 is 0 Å². The molecule has 2 heterocycles. The number of hydrogen-bond donors (Lipinski definition) is 3. The number of amides is 1. The van der Waals surface area contributed by atoms with Gasteiger partial charge in [-0.2, -0.15) is 0 Å². The minimum absolute atomic E-state index is 0.0277. The van der Waals surface area contributed by atoms with Crippen molar-refractivity contribution in [2.45, 2.75) is 4.90 Å². The number of aromatic carboxylic acids is 1. The normalized spacial score (nSPS) is 14.5. The van der Waals surface area contributed by atoms with Crippen LogP contribution in [-0.4, -0.2) is 30.4 Å². The van der Waals surface area contributed by atoms with Crippen LogP contribution in [0.15, 0.2) is 58.9 Å². The van der Waals surface area contributed by atoms with Crippen molar-refractivity contribution >= 4 is 56.3 Å². The number of benzene rings is 2. The summed E-state index contributed by atoms with van der Waals surface area (Å²) in [5.74, 6) is -1.43. The molecule has 1 aliphatic rings. The van der Waals surface area contributed by atoms with Gasteiger partial charge in [0.25, 0.3) is 15.9 Å². The van der Waals surface area contributed by atoms with Crippen LogP contribution in [0.1, 0.15) is 20.9 Å². The van der Waals surface area contributed by atoms with Gasteiger partial charge in [0.05, 0.1) is 16.0 Å². The van der Waals surface area contributed by atoms with Gasteiger partial charge < -0.3 is 10.4 Å². The molecule has 0 saturated carbocycles. The number of carbonyl (C=O) groups is 2. The monoisotopic (exact) mass is 427 g/mol. The Kier molecular flexibility index (Phi) is 4.65. The van der Waals surface area contributed by atoms with E-state index in [2.05, 4.69) is 15.0 Å². The molecule has 2 aromatic carbocycles. The fourth-order valence-corrected chi connectivity index (χ4v) is 4.45. The van der Waals surface area contributed by atoms with Gasteiger partial charge in [-0.25, -0.2) is 18.2 Å². The summed E-state index contributed by atoms with van der Waals surface area (Å²) in [5.41, 5.74) is 1.59. The molecule has 146 valence electrons. The van der Waals surface area contributed by atoms with E-state index in [1.165, 1.54) is 53.8 Å². The number of sulfonamides is 1. The highest BCUT2D eigenvalue weighted by Gasteiger charge is 2.27. The van der Waals surface area contributed by atoms with Crippen molar-refractivity contribution in [2.24, 2.45) is 0 Å². The summed E-state index contributed by atoms with van der Waals surface area (Å²) in [4.78, 5) is 27.3. The Hall–Kier alpha value is -3.50. The van der Waals surface area contributed by atoms with Crippen molar-refractivity contribution in [2.75, 3.05) is 10.0 Å². The Morgan fingerprint density at radius 3 is 2.59 bits per heavy atom. The van der Waals surface area contributed by atoms with Gasteiger partial charge in [0.15, 0.2) is 0 Å². The molecule has 0 atom stereocenters. The summed E-state index contributed by atoms with van der Waals surface area (Å²) in [6.07, 6.45) is 3.23. The minimum Gasteiger partial charge on any atom is -0.478 e. The molecule has 1 aliphatic heterocycles. The molecule has 0 aliphatic carbocycles. The highest BCUT2D eigenvalue weighted by molar-refractivity contribution is 7.92. The van der Waals surface area contributed by atoms with Gasteiger partial charge in [-0.1, -0.05) is 0 Å². The van der Waals surface area contributed by atoms with E-state index in [9.17, 15) is 18.0 Å². The van der Waals surface area contributed by atoms with Crippen molar-refractivity contribution in [3.63, 3.8) is 0 Å². The number of aromatic nitrogens is 1. The first kappa shape index (κ1) is 18.8. The average molecular weight is 427 g/mol. The Labute approximate surface area is 169 Å². The number of rotatable bonds is 5. The maximum atomic E-state index is 12.8. The van der Waals surface area contributed by atoms with Crippen molar-refractivity contribution in [1.29, 1.82) is 0 Å². The molecule has 0 radical (unpaired) electrons. The highest BCUT2D eigenvalue weighted by atomic mass is 32.2. The van der Waals surface area contributed by atoms with Crippen LogP contribution in [0, 0.1) is 0 Å².